The summed E-state index contributed by atoms with van der Waals surface area (Å²) in [5, 5.41) is 5.98. The van der Waals surface area contributed by atoms with E-state index in [0.717, 1.165) is 25.9 Å². The van der Waals surface area contributed by atoms with E-state index in [1.54, 1.807) is 0 Å². The molecule has 0 saturated carbocycles. The van der Waals surface area contributed by atoms with Gasteiger partial charge >= 0.3 is 0 Å². The maximum Gasteiger partial charge on any atom is 0.243 e. The molecular formula is C10H19N3O3. The van der Waals surface area contributed by atoms with E-state index in [-0.39, 0.29) is 18.4 Å². The van der Waals surface area contributed by atoms with Crippen molar-refractivity contribution < 1.29 is 14.3 Å². The van der Waals surface area contributed by atoms with Crippen molar-refractivity contribution in [3.8, 4) is 0 Å². The van der Waals surface area contributed by atoms with Gasteiger partial charge in [0.2, 0.25) is 11.8 Å². The normalized spacial score (nSPS) is 17.0. The quantitative estimate of drug-likeness (QED) is 0.488. The van der Waals surface area contributed by atoms with Crippen molar-refractivity contribution in [3.63, 3.8) is 0 Å². The number of nitrogens with two attached hydrogens (primary N) is 1. The summed E-state index contributed by atoms with van der Waals surface area (Å²) >= 11 is 0. The molecule has 0 aliphatic carbocycles. The summed E-state index contributed by atoms with van der Waals surface area (Å²) in [7, 11) is 0. The van der Waals surface area contributed by atoms with Crippen molar-refractivity contribution in [2.45, 2.75) is 12.8 Å². The molecular weight excluding hydrogens is 210 g/mol. The minimum atomic E-state index is -0.496. The maximum absolute atomic E-state index is 11.6. The van der Waals surface area contributed by atoms with Gasteiger partial charge in [0, 0.05) is 12.5 Å². The zero-order chi connectivity index (χ0) is 11.8. The van der Waals surface area contributed by atoms with E-state index in [4.69, 9.17) is 10.5 Å². The first-order valence-electron chi connectivity index (χ1n) is 5.54. The van der Waals surface area contributed by atoms with Crippen LogP contribution in [-0.4, -0.2) is 44.7 Å². The van der Waals surface area contributed by atoms with Crippen molar-refractivity contribution in [2.24, 2.45) is 11.7 Å². The molecule has 16 heavy (non-hydrogen) atoms. The minimum Gasteiger partial charge on any atom is -0.370 e. The van der Waals surface area contributed by atoms with E-state index < -0.39 is 5.91 Å². The molecule has 0 aromatic rings. The monoisotopic (exact) mass is 229 g/mol. The summed E-state index contributed by atoms with van der Waals surface area (Å²) < 4.78 is 4.93. The van der Waals surface area contributed by atoms with Gasteiger partial charge in [-0.2, -0.15) is 0 Å². The third kappa shape index (κ3) is 5.09. The predicted octanol–water partition coefficient (Wildman–Crippen LogP) is -1.40. The van der Waals surface area contributed by atoms with Crippen LogP contribution in [0.15, 0.2) is 0 Å². The van der Waals surface area contributed by atoms with E-state index in [9.17, 15) is 9.59 Å². The van der Waals surface area contributed by atoms with Crippen molar-refractivity contribution in [3.05, 3.63) is 0 Å². The van der Waals surface area contributed by atoms with Crippen LogP contribution in [-0.2, 0) is 14.3 Å². The van der Waals surface area contributed by atoms with Gasteiger partial charge < -0.3 is 21.1 Å². The van der Waals surface area contributed by atoms with Gasteiger partial charge in [-0.05, 0) is 25.9 Å². The number of carbonyl (C=O) groups is 2. The molecule has 1 heterocycles. The Morgan fingerprint density at radius 3 is 2.69 bits per heavy atom. The standard InChI is InChI=1S/C10H19N3O3/c11-9(14)7-16-6-5-13-10(15)8-1-3-12-4-2-8/h8,12H,1-7H2,(H2,11,14)(H,13,15). The van der Waals surface area contributed by atoms with Gasteiger partial charge in [-0.1, -0.05) is 0 Å². The van der Waals surface area contributed by atoms with Crippen molar-refractivity contribution in [1.29, 1.82) is 0 Å². The second-order valence-corrected chi connectivity index (χ2v) is 3.83. The highest BCUT2D eigenvalue weighted by Crippen LogP contribution is 2.10. The van der Waals surface area contributed by atoms with Gasteiger partial charge in [-0.3, -0.25) is 9.59 Å². The molecule has 0 aromatic heterocycles. The van der Waals surface area contributed by atoms with Crippen molar-refractivity contribution in [1.82, 2.24) is 10.6 Å². The zero-order valence-corrected chi connectivity index (χ0v) is 9.33. The molecule has 0 aromatic carbocycles. The lowest BCUT2D eigenvalue weighted by Crippen LogP contribution is -2.39. The lowest BCUT2D eigenvalue weighted by atomic mass is 9.97. The van der Waals surface area contributed by atoms with E-state index in [2.05, 4.69) is 10.6 Å². The number of rotatable bonds is 6. The Bertz CT molecular complexity index is 239. The van der Waals surface area contributed by atoms with Crippen LogP contribution in [0, 0.1) is 5.92 Å². The molecule has 1 aliphatic rings. The molecule has 1 aliphatic heterocycles. The molecule has 1 rings (SSSR count). The van der Waals surface area contributed by atoms with Gasteiger partial charge in [0.1, 0.15) is 6.61 Å². The third-order valence-corrected chi connectivity index (χ3v) is 2.50. The Morgan fingerprint density at radius 1 is 1.38 bits per heavy atom. The van der Waals surface area contributed by atoms with Crippen LogP contribution >= 0.6 is 0 Å². The Hall–Kier alpha value is -1.14. The number of amides is 2. The first-order valence-corrected chi connectivity index (χ1v) is 5.54. The average molecular weight is 229 g/mol. The second kappa shape index (κ2) is 7.19. The van der Waals surface area contributed by atoms with Gasteiger partial charge in [-0.15, -0.1) is 0 Å². The molecule has 0 atom stereocenters. The molecule has 92 valence electrons. The Labute approximate surface area is 94.9 Å². The lowest BCUT2D eigenvalue weighted by molar-refractivity contribution is -0.126. The summed E-state index contributed by atoms with van der Waals surface area (Å²) in [4.78, 5) is 22.0. The number of primary amides is 1. The summed E-state index contributed by atoms with van der Waals surface area (Å²) in [6, 6.07) is 0. The van der Waals surface area contributed by atoms with Crippen LogP contribution in [0.1, 0.15) is 12.8 Å². The van der Waals surface area contributed by atoms with E-state index in [0.29, 0.717) is 13.2 Å². The number of piperidine rings is 1. The Kier molecular flexibility index (Phi) is 5.81. The van der Waals surface area contributed by atoms with Crippen molar-refractivity contribution in [2.75, 3.05) is 32.8 Å². The van der Waals surface area contributed by atoms with Crippen LogP contribution in [0.5, 0.6) is 0 Å². The number of ether oxygens (including phenoxy) is 1. The minimum absolute atomic E-state index is 0.0733. The molecule has 0 radical (unpaired) electrons. The molecule has 1 fully saturated rings. The Morgan fingerprint density at radius 2 is 2.06 bits per heavy atom. The van der Waals surface area contributed by atoms with E-state index in [1.165, 1.54) is 0 Å². The van der Waals surface area contributed by atoms with Gasteiger partial charge in [0.25, 0.3) is 0 Å². The average Bonchev–Trinajstić information content (AvgIpc) is 2.29. The van der Waals surface area contributed by atoms with Crippen LogP contribution in [0.4, 0.5) is 0 Å². The summed E-state index contributed by atoms with van der Waals surface area (Å²) in [5.74, 6) is -0.314. The van der Waals surface area contributed by atoms with E-state index in [1.807, 2.05) is 0 Å². The molecule has 4 N–H and O–H groups in total. The fourth-order valence-corrected chi connectivity index (χ4v) is 1.65. The predicted molar refractivity (Wildman–Crippen MR) is 58.6 cm³/mol. The first-order chi connectivity index (χ1) is 7.70. The van der Waals surface area contributed by atoms with Crippen LogP contribution < -0.4 is 16.4 Å². The molecule has 1 saturated heterocycles. The second-order valence-electron chi connectivity index (χ2n) is 3.83. The molecule has 0 spiro atoms. The van der Waals surface area contributed by atoms with Gasteiger partial charge in [-0.25, -0.2) is 0 Å². The molecule has 0 unspecified atom stereocenters. The number of hydrogen-bond acceptors (Lipinski definition) is 4. The summed E-state index contributed by atoms with van der Waals surface area (Å²) in [6.07, 6.45) is 1.77. The topological polar surface area (TPSA) is 93.5 Å². The smallest absolute Gasteiger partial charge is 0.243 e. The maximum atomic E-state index is 11.6. The lowest BCUT2D eigenvalue weighted by Gasteiger charge is -2.21. The van der Waals surface area contributed by atoms with Crippen LogP contribution in [0.3, 0.4) is 0 Å². The number of carbonyl (C=O) groups excluding carboxylic acids is 2. The summed E-state index contributed by atoms with van der Waals surface area (Å²) in [6.45, 7) is 2.45. The number of hydrogen-bond donors (Lipinski definition) is 3. The van der Waals surface area contributed by atoms with Gasteiger partial charge in [0.15, 0.2) is 0 Å². The number of nitrogens with one attached hydrogen (secondary N) is 2. The van der Waals surface area contributed by atoms with Crippen molar-refractivity contribution >= 4 is 11.8 Å². The fraction of sp³-hybridized carbons (Fsp3) is 0.800. The molecule has 6 heteroatoms. The van der Waals surface area contributed by atoms with Crippen LogP contribution in [0.2, 0.25) is 0 Å². The highest BCUT2D eigenvalue weighted by Gasteiger charge is 2.19. The first kappa shape index (κ1) is 12.9. The molecule has 0 bridgehead atoms. The zero-order valence-electron chi connectivity index (χ0n) is 9.33. The Balaban J connectivity index is 2.03. The van der Waals surface area contributed by atoms with Gasteiger partial charge in [0.05, 0.1) is 6.61 Å². The summed E-state index contributed by atoms with van der Waals surface area (Å²) in [5.41, 5.74) is 4.89. The fourth-order valence-electron chi connectivity index (χ4n) is 1.65. The third-order valence-electron chi connectivity index (χ3n) is 2.50. The highest BCUT2D eigenvalue weighted by molar-refractivity contribution is 5.78. The highest BCUT2D eigenvalue weighted by atomic mass is 16.5. The largest absolute Gasteiger partial charge is 0.370 e. The van der Waals surface area contributed by atoms with Crippen LogP contribution in [0.25, 0.3) is 0 Å². The molecule has 2 amide bonds. The SMILES string of the molecule is NC(=O)COCCNC(=O)C1CCNCC1. The van der Waals surface area contributed by atoms with E-state index >= 15 is 0 Å². The molecule has 6 nitrogen and oxygen atoms in total.